The Kier molecular flexibility index (Phi) is 2.41. The summed E-state index contributed by atoms with van der Waals surface area (Å²) in [6.45, 7) is 8.35. The van der Waals surface area contributed by atoms with Crippen LogP contribution in [0.1, 0.15) is 40.5 Å². The molecule has 0 aromatic heterocycles. The summed E-state index contributed by atoms with van der Waals surface area (Å²) in [6.07, 6.45) is 4.30. The Balaban J connectivity index is 2.82. The van der Waals surface area contributed by atoms with Crippen molar-refractivity contribution in [2.24, 2.45) is 11.3 Å². The van der Waals surface area contributed by atoms with Crippen molar-refractivity contribution in [1.29, 1.82) is 0 Å². The highest BCUT2D eigenvalue weighted by Gasteiger charge is 2.31. The first-order chi connectivity index (χ1) is 5.46. The summed E-state index contributed by atoms with van der Waals surface area (Å²) in [6, 6.07) is 0. The predicted molar refractivity (Wildman–Crippen MR) is 50.9 cm³/mol. The molecule has 1 nitrogen and oxygen atoms in total. The van der Waals surface area contributed by atoms with Crippen LogP contribution in [0.2, 0.25) is 0 Å². The van der Waals surface area contributed by atoms with Gasteiger partial charge < -0.3 is 0 Å². The molecule has 0 heterocycles. The molecule has 0 amide bonds. The monoisotopic (exact) mass is 166 g/mol. The van der Waals surface area contributed by atoms with Crippen molar-refractivity contribution < 1.29 is 4.79 Å². The van der Waals surface area contributed by atoms with Crippen molar-refractivity contribution in [2.45, 2.75) is 40.5 Å². The minimum atomic E-state index is 0.249. The maximum Gasteiger partial charge on any atom is 0.155 e. The predicted octanol–water partition coefficient (Wildman–Crippen LogP) is 2.96. The normalized spacial score (nSPS) is 29.2. The van der Waals surface area contributed by atoms with Gasteiger partial charge in [0.25, 0.3) is 0 Å². The van der Waals surface area contributed by atoms with Gasteiger partial charge in [-0.25, -0.2) is 0 Å². The van der Waals surface area contributed by atoms with Crippen LogP contribution in [0, 0.1) is 11.3 Å². The van der Waals surface area contributed by atoms with Crippen molar-refractivity contribution in [3.05, 3.63) is 11.6 Å². The molecule has 0 N–H and O–H groups in total. The number of allylic oxidation sites excluding steroid dienone is 2. The van der Waals surface area contributed by atoms with Crippen LogP contribution >= 0.6 is 0 Å². The third-order valence-corrected chi connectivity index (χ3v) is 3.21. The zero-order chi connectivity index (χ0) is 9.35. The number of rotatable bonds is 2. The van der Waals surface area contributed by atoms with Gasteiger partial charge in [-0.1, -0.05) is 26.8 Å². The minimum absolute atomic E-state index is 0.249. The molecular weight excluding hydrogens is 148 g/mol. The smallest absolute Gasteiger partial charge is 0.155 e. The average Bonchev–Trinajstić information content (AvgIpc) is 2.33. The molecule has 0 aromatic carbocycles. The number of carbonyl (C=O) groups excluding carboxylic acids is 1. The van der Waals surface area contributed by atoms with Crippen molar-refractivity contribution >= 4 is 5.78 Å². The molecule has 1 aliphatic carbocycles. The van der Waals surface area contributed by atoms with E-state index in [-0.39, 0.29) is 11.2 Å². The SMILES string of the molecule is CC(=O)C1=CC(C)(C(C)C)CC1. The Morgan fingerprint density at radius 3 is 2.42 bits per heavy atom. The molecule has 0 bridgehead atoms. The van der Waals surface area contributed by atoms with Gasteiger partial charge in [-0.2, -0.15) is 0 Å². The Morgan fingerprint density at radius 2 is 2.17 bits per heavy atom. The molecule has 0 radical (unpaired) electrons. The van der Waals surface area contributed by atoms with Crippen molar-refractivity contribution in [2.75, 3.05) is 0 Å². The second-order valence-electron chi connectivity index (χ2n) is 4.39. The standard InChI is InChI=1S/C11H18O/c1-8(2)11(4)6-5-10(7-11)9(3)12/h7-8H,5-6H2,1-4H3. The summed E-state index contributed by atoms with van der Waals surface area (Å²) in [5.74, 6) is 0.883. The van der Waals surface area contributed by atoms with E-state index in [1.807, 2.05) is 0 Å². The van der Waals surface area contributed by atoms with Crippen molar-refractivity contribution in [3.8, 4) is 0 Å². The summed E-state index contributed by atoms with van der Waals surface area (Å²) < 4.78 is 0. The van der Waals surface area contributed by atoms with Crippen molar-refractivity contribution in [3.63, 3.8) is 0 Å². The lowest BCUT2D eigenvalue weighted by atomic mass is 9.79. The first-order valence-electron chi connectivity index (χ1n) is 4.68. The number of hydrogen-bond acceptors (Lipinski definition) is 1. The molecule has 1 atom stereocenters. The lowest BCUT2D eigenvalue weighted by Crippen LogP contribution is -2.17. The summed E-state index contributed by atoms with van der Waals surface area (Å²) in [5.41, 5.74) is 1.30. The van der Waals surface area contributed by atoms with Crippen LogP contribution in [0.15, 0.2) is 11.6 Å². The van der Waals surface area contributed by atoms with Gasteiger partial charge in [0, 0.05) is 0 Å². The van der Waals surface area contributed by atoms with Crippen LogP contribution in [-0.2, 0) is 4.79 Å². The van der Waals surface area contributed by atoms with E-state index in [2.05, 4.69) is 26.8 Å². The molecule has 1 rings (SSSR count). The fourth-order valence-electron chi connectivity index (χ4n) is 1.68. The zero-order valence-corrected chi connectivity index (χ0v) is 8.48. The Labute approximate surface area is 74.9 Å². The first kappa shape index (κ1) is 9.50. The van der Waals surface area contributed by atoms with E-state index in [4.69, 9.17) is 0 Å². The van der Waals surface area contributed by atoms with Gasteiger partial charge in [-0.15, -0.1) is 0 Å². The van der Waals surface area contributed by atoms with Crippen LogP contribution in [-0.4, -0.2) is 5.78 Å². The van der Waals surface area contributed by atoms with E-state index in [0.717, 1.165) is 18.4 Å². The van der Waals surface area contributed by atoms with Gasteiger partial charge in [0.2, 0.25) is 0 Å². The van der Waals surface area contributed by atoms with Gasteiger partial charge in [0.05, 0.1) is 0 Å². The highest BCUT2D eigenvalue weighted by atomic mass is 16.1. The van der Waals surface area contributed by atoms with E-state index in [1.165, 1.54) is 0 Å². The maximum atomic E-state index is 11.1. The lowest BCUT2D eigenvalue weighted by Gasteiger charge is -2.26. The zero-order valence-electron chi connectivity index (χ0n) is 8.48. The summed E-state index contributed by atoms with van der Waals surface area (Å²) >= 11 is 0. The fraction of sp³-hybridized carbons (Fsp3) is 0.727. The van der Waals surface area contributed by atoms with E-state index >= 15 is 0 Å². The fourth-order valence-corrected chi connectivity index (χ4v) is 1.68. The molecule has 0 spiro atoms. The maximum absolute atomic E-state index is 11.1. The summed E-state index contributed by atoms with van der Waals surface area (Å²) in [5, 5.41) is 0. The number of ketones is 1. The minimum Gasteiger partial charge on any atom is -0.295 e. The Hall–Kier alpha value is -0.590. The molecule has 12 heavy (non-hydrogen) atoms. The van der Waals surface area contributed by atoms with E-state index < -0.39 is 0 Å². The van der Waals surface area contributed by atoms with E-state index in [0.29, 0.717) is 5.92 Å². The second-order valence-corrected chi connectivity index (χ2v) is 4.39. The van der Waals surface area contributed by atoms with Crippen LogP contribution in [0.5, 0.6) is 0 Å². The van der Waals surface area contributed by atoms with E-state index in [9.17, 15) is 4.79 Å². The largest absolute Gasteiger partial charge is 0.295 e. The highest BCUT2D eigenvalue weighted by Crippen LogP contribution is 2.41. The van der Waals surface area contributed by atoms with Crippen molar-refractivity contribution in [1.82, 2.24) is 0 Å². The number of carbonyl (C=O) groups is 1. The molecule has 1 unspecified atom stereocenters. The lowest BCUT2D eigenvalue weighted by molar-refractivity contribution is -0.113. The topological polar surface area (TPSA) is 17.1 Å². The molecule has 1 heteroatoms. The van der Waals surface area contributed by atoms with Crippen LogP contribution in [0.4, 0.5) is 0 Å². The molecular formula is C11H18O. The van der Waals surface area contributed by atoms with Gasteiger partial charge in [0.1, 0.15) is 0 Å². The average molecular weight is 166 g/mol. The quantitative estimate of drug-likeness (QED) is 0.616. The molecule has 0 fully saturated rings. The molecule has 1 aliphatic rings. The molecule has 68 valence electrons. The molecule has 0 saturated carbocycles. The van der Waals surface area contributed by atoms with Gasteiger partial charge in [-0.3, -0.25) is 4.79 Å². The van der Waals surface area contributed by atoms with Crippen LogP contribution in [0.25, 0.3) is 0 Å². The number of hydrogen-bond donors (Lipinski definition) is 0. The third-order valence-electron chi connectivity index (χ3n) is 3.21. The van der Waals surface area contributed by atoms with Gasteiger partial charge >= 0.3 is 0 Å². The Morgan fingerprint density at radius 1 is 1.58 bits per heavy atom. The first-order valence-corrected chi connectivity index (χ1v) is 4.68. The van der Waals surface area contributed by atoms with Gasteiger partial charge in [0.15, 0.2) is 5.78 Å². The summed E-state index contributed by atoms with van der Waals surface area (Å²) in [7, 11) is 0. The number of Topliss-reactive ketones (excluding diaryl/α,β-unsaturated/α-hetero) is 1. The van der Waals surface area contributed by atoms with Crippen LogP contribution < -0.4 is 0 Å². The molecule has 0 aliphatic heterocycles. The third kappa shape index (κ3) is 1.60. The molecule has 0 aromatic rings. The molecule has 0 saturated heterocycles. The Bertz CT molecular complexity index is 225. The highest BCUT2D eigenvalue weighted by molar-refractivity contribution is 5.93. The van der Waals surface area contributed by atoms with E-state index in [1.54, 1.807) is 6.92 Å². The second kappa shape index (κ2) is 3.04. The summed E-state index contributed by atoms with van der Waals surface area (Å²) in [4.78, 5) is 11.1. The van der Waals surface area contributed by atoms with Gasteiger partial charge in [-0.05, 0) is 36.7 Å². The van der Waals surface area contributed by atoms with Crippen LogP contribution in [0.3, 0.4) is 0 Å².